The van der Waals surface area contributed by atoms with E-state index in [1.165, 1.54) is 10.0 Å². The van der Waals surface area contributed by atoms with Crippen LogP contribution in [0.15, 0.2) is 60.7 Å². The van der Waals surface area contributed by atoms with Gasteiger partial charge in [-0.3, -0.25) is 19.6 Å². The lowest BCUT2D eigenvalue weighted by atomic mass is 10.1. The minimum Gasteiger partial charge on any atom is -0.273 e. The van der Waals surface area contributed by atoms with Crippen molar-refractivity contribution in [3.8, 4) is 0 Å². The van der Waals surface area contributed by atoms with Crippen molar-refractivity contribution in [3.05, 3.63) is 71.8 Å². The van der Waals surface area contributed by atoms with Crippen molar-refractivity contribution in [1.29, 1.82) is 0 Å². The van der Waals surface area contributed by atoms with Gasteiger partial charge in [0, 0.05) is 14.1 Å². The first kappa shape index (κ1) is 15.8. The first-order valence-electron chi connectivity index (χ1n) is 7.19. The van der Waals surface area contributed by atoms with E-state index in [1.54, 1.807) is 14.1 Å². The minimum absolute atomic E-state index is 0.116. The average molecular weight is 296 g/mol. The molecule has 114 valence electrons. The first-order chi connectivity index (χ1) is 10.6. The molecule has 0 radical (unpaired) electrons. The quantitative estimate of drug-likeness (QED) is 0.812. The Labute approximate surface area is 130 Å². The smallest absolute Gasteiger partial charge is 0.245 e. The predicted octanol–water partition coefficient (Wildman–Crippen LogP) is 2.30. The zero-order valence-electron chi connectivity index (χ0n) is 12.9. The molecular formula is C18H20N2O2. The molecular weight excluding hydrogens is 276 g/mol. The third-order valence-corrected chi connectivity index (χ3v) is 3.57. The second-order valence-corrected chi connectivity index (χ2v) is 5.16. The number of carbonyl (C=O) groups is 2. The molecule has 2 rings (SSSR count). The van der Waals surface area contributed by atoms with E-state index >= 15 is 0 Å². The van der Waals surface area contributed by atoms with Crippen molar-refractivity contribution in [2.75, 3.05) is 14.1 Å². The maximum absolute atomic E-state index is 12.2. The Morgan fingerprint density at radius 2 is 1.00 bits per heavy atom. The van der Waals surface area contributed by atoms with Gasteiger partial charge in [-0.1, -0.05) is 60.7 Å². The molecule has 0 unspecified atom stereocenters. The van der Waals surface area contributed by atoms with Gasteiger partial charge in [-0.15, -0.1) is 0 Å². The summed E-state index contributed by atoms with van der Waals surface area (Å²) in [6.45, 7) is 0. The summed E-state index contributed by atoms with van der Waals surface area (Å²) in [4.78, 5) is 24.5. The molecule has 0 N–H and O–H groups in total. The van der Waals surface area contributed by atoms with Crippen molar-refractivity contribution in [2.24, 2.45) is 0 Å². The van der Waals surface area contributed by atoms with Crippen molar-refractivity contribution >= 4 is 11.8 Å². The Bertz CT molecular complexity index is 569. The fourth-order valence-corrected chi connectivity index (χ4v) is 2.10. The van der Waals surface area contributed by atoms with Crippen LogP contribution in [0.3, 0.4) is 0 Å². The van der Waals surface area contributed by atoms with E-state index in [0.29, 0.717) is 0 Å². The van der Waals surface area contributed by atoms with Gasteiger partial charge in [-0.2, -0.15) is 0 Å². The Kier molecular flexibility index (Phi) is 5.31. The molecule has 4 heteroatoms. The molecule has 4 nitrogen and oxygen atoms in total. The molecule has 0 saturated carbocycles. The van der Waals surface area contributed by atoms with Gasteiger partial charge in [0.25, 0.3) is 0 Å². The van der Waals surface area contributed by atoms with E-state index in [9.17, 15) is 9.59 Å². The zero-order chi connectivity index (χ0) is 15.9. The van der Waals surface area contributed by atoms with Crippen LogP contribution in [-0.2, 0) is 22.4 Å². The van der Waals surface area contributed by atoms with Crippen LogP contribution in [0.25, 0.3) is 0 Å². The largest absolute Gasteiger partial charge is 0.273 e. The van der Waals surface area contributed by atoms with Crippen LogP contribution in [0.2, 0.25) is 0 Å². The molecule has 0 aliphatic heterocycles. The number of amides is 2. The molecule has 0 aromatic heterocycles. The molecule has 0 saturated heterocycles. The lowest BCUT2D eigenvalue weighted by Crippen LogP contribution is -2.46. The second-order valence-electron chi connectivity index (χ2n) is 5.16. The summed E-state index contributed by atoms with van der Waals surface area (Å²) >= 11 is 0. The van der Waals surface area contributed by atoms with Gasteiger partial charge >= 0.3 is 0 Å². The second kappa shape index (κ2) is 7.41. The summed E-state index contributed by atoms with van der Waals surface area (Å²) in [5.41, 5.74) is 1.87. The number of rotatable bonds is 4. The predicted molar refractivity (Wildman–Crippen MR) is 85.8 cm³/mol. The third-order valence-electron chi connectivity index (χ3n) is 3.57. The Hall–Kier alpha value is -2.62. The maximum Gasteiger partial charge on any atom is 0.245 e. The van der Waals surface area contributed by atoms with Crippen LogP contribution in [0.4, 0.5) is 0 Å². The van der Waals surface area contributed by atoms with Crippen molar-refractivity contribution in [2.45, 2.75) is 12.8 Å². The van der Waals surface area contributed by atoms with E-state index < -0.39 is 0 Å². The summed E-state index contributed by atoms with van der Waals surface area (Å²) in [6, 6.07) is 19.0. The number of nitrogens with zero attached hydrogens (tertiary/aromatic N) is 2. The molecule has 2 aromatic rings. The van der Waals surface area contributed by atoms with E-state index in [2.05, 4.69) is 0 Å². The van der Waals surface area contributed by atoms with Crippen molar-refractivity contribution in [1.82, 2.24) is 10.0 Å². The first-order valence-corrected chi connectivity index (χ1v) is 7.19. The molecule has 2 amide bonds. The number of benzene rings is 2. The van der Waals surface area contributed by atoms with Crippen LogP contribution in [0, 0.1) is 0 Å². The Morgan fingerprint density at radius 1 is 0.682 bits per heavy atom. The van der Waals surface area contributed by atoms with Crippen molar-refractivity contribution in [3.63, 3.8) is 0 Å². The Morgan fingerprint density at radius 3 is 1.32 bits per heavy atom. The van der Waals surface area contributed by atoms with Gasteiger partial charge in [-0.25, -0.2) is 0 Å². The molecule has 0 aliphatic rings. The van der Waals surface area contributed by atoms with Crippen molar-refractivity contribution < 1.29 is 9.59 Å². The monoisotopic (exact) mass is 296 g/mol. The highest BCUT2D eigenvalue weighted by Gasteiger charge is 2.19. The fourth-order valence-electron chi connectivity index (χ4n) is 2.10. The molecule has 0 bridgehead atoms. The number of hydrogen-bond acceptors (Lipinski definition) is 2. The minimum atomic E-state index is -0.116. The van der Waals surface area contributed by atoms with Gasteiger partial charge in [-0.05, 0) is 11.1 Å². The van der Waals surface area contributed by atoms with Crippen LogP contribution in [0.1, 0.15) is 11.1 Å². The average Bonchev–Trinajstić information content (AvgIpc) is 2.55. The number of hydrazine groups is 1. The fraction of sp³-hybridized carbons (Fsp3) is 0.222. The van der Waals surface area contributed by atoms with E-state index in [-0.39, 0.29) is 24.7 Å². The molecule has 0 atom stereocenters. The number of carbonyl (C=O) groups excluding carboxylic acids is 2. The summed E-state index contributed by atoms with van der Waals surface area (Å²) in [5, 5.41) is 2.75. The highest BCUT2D eigenvalue weighted by atomic mass is 16.2. The van der Waals surface area contributed by atoms with Gasteiger partial charge < -0.3 is 0 Å². The summed E-state index contributed by atoms with van der Waals surface area (Å²) in [7, 11) is 3.24. The molecule has 22 heavy (non-hydrogen) atoms. The van der Waals surface area contributed by atoms with Crippen LogP contribution in [0.5, 0.6) is 0 Å². The highest BCUT2D eigenvalue weighted by molar-refractivity contribution is 5.84. The number of likely N-dealkylation sites (N-methyl/N-ethyl adjacent to an activating group) is 2. The van der Waals surface area contributed by atoms with Gasteiger partial charge in [0.1, 0.15) is 0 Å². The maximum atomic E-state index is 12.2. The molecule has 2 aromatic carbocycles. The summed E-state index contributed by atoms with van der Waals surface area (Å²) < 4.78 is 0. The Balaban J connectivity index is 1.94. The van der Waals surface area contributed by atoms with Gasteiger partial charge in [0.2, 0.25) is 11.8 Å². The van der Waals surface area contributed by atoms with E-state index in [4.69, 9.17) is 0 Å². The van der Waals surface area contributed by atoms with Gasteiger partial charge in [0.15, 0.2) is 0 Å². The SMILES string of the molecule is CN(C(=O)Cc1ccccc1)N(C)C(=O)Cc1ccccc1. The molecule has 0 heterocycles. The van der Waals surface area contributed by atoms with Gasteiger partial charge in [0.05, 0.1) is 12.8 Å². The topological polar surface area (TPSA) is 40.6 Å². The van der Waals surface area contributed by atoms with Crippen LogP contribution in [-0.4, -0.2) is 35.9 Å². The summed E-state index contributed by atoms with van der Waals surface area (Å²) in [5.74, 6) is -0.231. The molecule has 0 spiro atoms. The highest BCUT2D eigenvalue weighted by Crippen LogP contribution is 2.06. The lowest BCUT2D eigenvalue weighted by Gasteiger charge is -2.28. The molecule has 0 fully saturated rings. The van der Waals surface area contributed by atoms with Crippen LogP contribution >= 0.6 is 0 Å². The van der Waals surface area contributed by atoms with E-state index in [0.717, 1.165) is 11.1 Å². The number of hydrogen-bond donors (Lipinski definition) is 0. The third kappa shape index (κ3) is 4.19. The zero-order valence-corrected chi connectivity index (χ0v) is 12.9. The normalized spacial score (nSPS) is 10.1. The standard InChI is InChI=1S/C18H20N2O2/c1-19(17(21)13-15-9-5-3-6-10-15)20(2)18(22)14-16-11-7-4-8-12-16/h3-12H,13-14H2,1-2H3. The molecule has 0 aliphatic carbocycles. The lowest BCUT2D eigenvalue weighted by molar-refractivity contribution is -0.157. The van der Waals surface area contributed by atoms with E-state index in [1.807, 2.05) is 60.7 Å². The summed E-state index contributed by atoms with van der Waals surface area (Å²) in [6.07, 6.45) is 0.556. The van der Waals surface area contributed by atoms with Crippen LogP contribution < -0.4 is 0 Å².